The van der Waals surface area contributed by atoms with Crippen LogP contribution < -0.4 is 19.8 Å². The van der Waals surface area contributed by atoms with Gasteiger partial charge >= 0.3 is 6.61 Å². The molecule has 0 atom stereocenters. The molecule has 152 valence electrons. The van der Waals surface area contributed by atoms with Gasteiger partial charge in [0.05, 0.1) is 11.9 Å². The summed E-state index contributed by atoms with van der Waals surface area (Å²) in [6.07, 6.45) is 1.39. The standard InChI is InChI=1S/C20H19F2N3O4/c1-12-7-14(8-13(2)19(12)29-20(21)22)9-23-24-17(26)10-25-15-5-3-4-6-16(15)28-11-18(25)27/h3-9,20H,10-11H2,1-2H3,(H,24,26)/b23-9-. The van der Waals surface area contributed by atoms with Crippen molar-refractivity contribution in [2.45, 2.75) is 20.5 Å². The van der Waals surface area contributed by atoms with Crippen LogP contribution in [-0.2, 0) is 9.59 Å². The first-order valence-electron chi connectivity index (χ1n) is 8.75. The van der Waals surface area contributed by atoms with E-state index >= 15 is 0 Å². The number of anilines is 1. The predicted molar refractivity (Wildman–Crippen MR) is 103 cm³/mol. The Balaban J connectivity index is 1.64. The number of fused-ring (bicyclic) bond motifs is 1. The van der Waals surface area contributed by atoms with Gasteiger partial charge in [-0.25, -0.2) is 5.43 Å². The zero-order valence-electron chi connectivity index (χ0n) is 15.8. The number of nitrogens with one attached hydrogen (secondary N) is 1. The third-order valence-electron chi connectivity index (χ3n) is 4.20. The molecule has 29 heavy (non-hydrogen) atoms. The lowest BCUT2D eigenvalue weighted by Crippen LogP contribution is -2.44. The van der Waals surface area contributed by atoms with Crippen LogP contribution in [0.15, 0.2) is 41.5 Å². The Kier molecular flexibility index (Phi) is 6.06. The highest BCUT2D eigenvalue weighted by Gasteiger charge is 2.26. The number of aryl methyl sites for hydroxylation is 2. The van der Waals surface area contributed by atoms with Gasteiger partial charge < -0.3 is 9.47 Å². The molecule has 1 N–H and O–H groups in total. The SMILES string of the molecule is Cc1cc(/C=N\NC(=O)CN2C(=O)COc3ccccc32)cc(C)c1OC(F)F. The van der Waals surface area contributed by atoms with Crippen molar-refractivity contribution in [2.24, 2.45) is 5.10 Å². The first-order chi connectivity index (χ1) is 13.8. The molecule has 7 nitrogen and oxygen atoms in total. The summed E-state index contributed by atoms with van der Waals surface area (Å²) in [5.41, 5.74) is 4.53. The Labute approximate surface area is 165 Å². The van der Waals surface area contributed by atoms with Crippen molar-refractivity contribution in [3.63, 3.8) is 0 Å². The van der Waals surface area contributed by atoms with Crippen molar-refractivity contribution < 1.29 is 27.8 Å². The van der Waals surface area contributed by atoms with Gasteiger partial charge in [-0.05, 0) is 54.8 Å². The number of rotatable bonds is 6. The minimum absolute atomic E-state index is 0.116. The maximum absolute atomic E-state index is 12.5. The number of amides is 2. The lowest BCUT2D eigenvalue weighted by molar-refractivity contribution is -0.125. The largest absolute Gasteiger partial charge is 0.482 e. The van der Waals surface area contributed by atoms with Crippen molar-refractivity contribution in [3.8, 4) is 11.5 Å². The summed E-state index contributed by atoms with van der Waals surface area (Å²) in [7, 11) is 0. The maximum atomic E-state index is 12.5. The minimum atomic E-state index is -2.90. The molecule has 1 heterocycles. The molecule has 3 rings (SSSR count). The number of halogens is 2. The average molecular weight is 403 g/mol. The molecule has 0 aromatic heterocycles. The van der Waals surface area contributed by atoms with E-state index in [1.165, 1.54) is 11.1 Å². The van der Waals surface area contributed by atoms with Crippen LogP contribution in [0.1, 0.15) is 16.7 Å². The number of hydrazone groups is 1. The molecule has 0 unspecified atom stereocenters. The molecule has 0 spiro atoms. The van der Waals surface area contributed by atoms with E-state index in [2.05, 4.69) is 15.3 Å². The quantitative estimate of drug-likeness (QED) is 0.594. The fourth-order valence-corrected chi connectivity index (χ4v) is 3.02. The van der Waals surface area contributed by atoms with Crippen LogP contribution in [0.25, 0.3) is 0 Å². The lowest BCUT2D eigenvalue weighted by atomic mass is 10.1. The number of hydrogen-bond donors (Lipinski definition) is 1. The van der Waals surface area contributed by atoms with Gasteiger partial charge in [-0.15, -0.1) is 0 Å². The Morgan fingerprint density at radius 3 is 2.69 bits per heavy atom. The molecule has 0 saturated heterocycles. The lowest BCUT2D eigenvalue weighted by Gasteiger charge is -2.28. The highest BCUT2D eigenvalue weighted by molar-refractivity contribution is 6.02. The van der Waals surface area contributed by atoms with Crippen molar-refractivity contribution in [3.05, 3.63) is 53.1 Å². The summed E-state index contributed by atoms with van der Waals surface area (Å²) < 4.78 is 34.7. The number of alkyl halides is 2. The molecule has 2 aromatic rings. The maximum Gasteiger partial charge on any atom is 0.387 e. The second kappa shape index (κ2) is 8.68. The van der Waals surface area contributed by atoms with Gasteiger partial charge in [0.2, 0.25) is 0 Å². The Bertz CT molecular complexity index is 939. The molecule has 2 aromatic carbocycles. The molecule has 9 heteroatoms. The fraction of sp³-hybridized carbons (Fsp3) is 0.250. The van der Waals surface area contributed by atoms with E-state index in [9.17, 15) is 18.4 Å². The molecule has 0 aliphatic carbocycles. The molecule has 2 amide bonds. The zero-order valence-corrected chi connectivity index (χ0v) is 15.8. The number of hydrogen-bond acceptors (Lipinski definition) is 5. The number of ether oxygens (including phenoxy) is 2. The van der Waals surface area contributed by atoms with Crippen molar-refractivity contribution in [1.82, 2.24) is 5.43 Å². The summed E-state index contributed by atoms with van der Waals surface area (Å²) in [5.74, 6) is -0.174. The van der Waals surface area contributed by atoms with Crippen LogP contribution in [-0.4, -0.2) is 37.8 Å². The summed E-state index contributed by atoms with van der Waals surface area (Å²) in [5, 5.41) is 3.88. The van der Waals surface area contributed by atoms with E-state index in [-0.39, 0.29) is 24.8 Å². The number of para-hydroxylation sites is 2. The Morgan fingerprint density at radius 2 is 2.00 bits per heavy atom. The van der Waals surface area contributed by atoms with Gasteiger partial charge in [0.15, 0.2) is 6.61 Å². The number of nitrogens with zero attached hydrogens (tertiary/aromatic N) is 2. The number of benzene rings is 2. The molecule has 0 saturated carbocycles. The first kappa shape index (κ1) is 20.2. The van der Waals surface area contributed by atoms with E-state index in [0.29, 0.717) is 28.1 Å². The average Bonchev–Trinajstić information content (AvgIpc) is 2.67. The monoisotopic (exact) mass is 403 g/mol. The third kappa shape index (κ3) is 4.87. The second-order valence-electron chi connectivity index (χ2n) is 6.39. The van der Waals surface area contributed by atoms with Crippen LogP contribution in [0.5, 0.6) is 11.5 Å². The third-order valence-corrected chi connectivity index (χ3v) is 4.20. The summed E-state index contributed by atoms with van der Waals surface area (Å²) in [4.78, 5) is 25.6. The van der Waals surface area contributed by atoms with Crippen LogP contribution in [0.4, 0.5) is 14.5 Å². The highest BCUT2D eigenvalue weighted by Crippen LogP contribution is 2.31. The van der Waals surface area contributed by atoms with Crippen LogP contribution in [0.2, 0.25) is 0 Å². The number of carbonyl (C=O) groups is 2. The van der Waals surface area contributed by atoms with Gasteiger partial charge in [-0.1, -0.05) is 12.1 Å². The topological polar surface area (TPSA) is 80.2 Å². The van der Waals surface area contributed by atoms with Crippen LogP contribution >= 0.6 is 0 Å². The van der Waals surface area contributed by atoms with E-state index < -0.39 is 12.5 Å². The molecule has 1 aliphatic heterocycles. The zero-order chi connectivity index (χ0) is 21.0. The van der Waals surface area contributed by atoms with E-state index in [1.807, 2.05) is 0 Å². The van der Waals surface area contributed by atoms with Gasteiger partial charge in [0.25, 0.3) is 11.8 Å². The van der Waals surface area contributed by atoms with E-state index in [4.69, 9.17) is 4.74 Å². The smallest absolute Gasteiger partial charge is 0.387 e. The minimum Gasteiger partial charge on any atom is -0.482 e. The summed E-state index contributed by atoms with van der Waals surface area (Å²) in [6, 6.07) is 10.2. The van der Waals surface area contributed by atoms with Crippen molar-refractivity contribution in [2.75, 3.05) is 18.1 Å². The molecule has 0 fully saturated rings. The van der Waals surface area contributed by atoms with Gasteiger partial charge in [0, 0.05) is 0 Å². The summed E-state index contributed by atoms with van der Waals surface area (Å²) >= 11 is 0. The van der Waals surface area contributed by atoms with E-state index in [0.717, 1.165) is 0 Å². The van der Waals surface area contributed by atoms with Gasteiger partial charge in [-0.3, -0.25) is 14.5 Å². The molecule has 1 aliphatic rings. The van der Waals surface area contributed by atoms with E-state index in [1.54, 1.807) is 50.2 Å². The van der Waals surface area contributed by atoms with Crippen molar-refractivity contribution >= 4 is 23.7 Å². The summed E-state index contributed by atoms with van der Waals surface area (Å²) in [6.45, 7) is 0.0262. The normalized spacial score (nSPS) is 13.4. The fourth-order valence-electron chi connectivity index (χ4n) is 3.02. The molecule has 0 radical (unpaired) electrons. The van der Waals surface area contributed by atoms with Gasteiger partial charge in [0.1, 0.15) is 18.0 Å². The first-order valence-corrected chi connectivity index (χ1v) is 8.75. The Hall–Kier alpha value is -3.49. The molecular formula is C20H19F2N3O4. The van der Waals surface area contributed by atoms with Crippen molar-refractivity contribution in [1.29, 1.82) is 0 Å². The predicted octanol–water partition coefficient (Wildman–Crippen LogP) is 2.78. The highest BCUT2D eigenvalue weighted by atomic mass is 19.3. The molecular weight excluding hydrogens is 384 g/mol. The molecule has 0 bridgehead atoms. The number of carbonyl (C=O) groups excluding carboxylic acids is 2. The Morgan fingerprint density at radius 1 is 1.31 bits per heavy atom. The van der Waals surface area contributed by atoms with Gasteiger partial charge in [-0.2, -0.15) is 13.9 Å². The van der Waals surface area contributed by atoms with Crippen LogP contribution in [0, 0.1) is 13.8 Å². The second-order valence-corrected chi connectivity index (χ2v) is 6.39. The van der Waals surface area contributed by atoms with Crippen LogP contribution in [0.3, 0.4) is 0 Å².